The van der Waals surface area contributed by atoms with Gasteiger partial charge in [-0.2, -0.15) is 0 Å². The van der Waals surface area contributed by atoms with Crippen molar-refractivity contribution in [3.8, 4) is 0 Å². The molecule has 0 unspecified atom stereocenters. The molecule has 4 rings (SSSR count). The topological polar surface area (TPSA) is 71.6 Å². The number of carbonyl (C=O) groups is 1. The lowest BCUT2D eigenvalue weighted by Crippen LogP contribution is -2.46. The molecular weight excluding hydrogens is 439 g/mol. The van der Waals surface area contributed by atoms with Crippen molar-refractivity contribution >= 4 is 47.4 Å². The standard InChI is InChI=1S/C22H26N4O3.2ClH/c1-17(27)18-4-5-20-21(16-18)29-22(28)26(20)11-3-2-10-24-12-14-25(15-13-24)19-6-8-23-9-7-19;;/h4-9,16H,2-3,10-15H2,1H3;2*1H. The average Bonchev–Trinajstić information content (AvgIpc) is 3.06. The zero-order valence-corrected chi connectivity index (χ0v) is 19.2. The number of anilines is 1. The van der Waals surface area contributed by atoms with Crippen LogP contribution in [0.5, 0.6) is 0 Å². The van der Waals surface area contributed by atoms with Gasteiger partial charge in [0.2, 0.25) is 0 Å². The number of benzene rings is 1. The fourth-order valence-electron chi connectivity index (χ4n) is 3.89. The lowest BCUT2D eigenvalue weighted by Gasteiger charge is -2.36. The number of rotatable bonds is 7. The smallest absolute Gasteiger partial charge is 0.408 e. The Kier molecular flexibility index (Phi) is 9.10. The minimum absolute atomic E-state index is 0. The van der Waals surface area contributed by atoms with Gasteiger partial charge in [0, 0.05) is 56.4 Å². The van der Waals surface area contributed by atoms with Crippen LogP contribution in [-0.2, 0) is 6.54 Å². The third kappa shape index (κ3) is 5.87. The van der Waals surface area contributed by atoms with E-state index in [0.717, 1.165) is 51.1 Å². The van der Waals surface area contributed by atoms with Crippen LogP contribution in [0.15, 0.2) is 51.9 Å². The molecule has 1 aromatic carbocycles. The largest absolute Gasteiger partial charge is 0.419 e. The van der Waals surface area contributed by atoms with Crippen molar-refractivity contribution in [2.75, 3.05) is 37.6 Å². The highest BCUT2D eigenvalue weighted by Gasteiger charge is 2.17. The van der Waals surface area contributed by atoms with Gasteiger partial charge < -0.3 is 9.32 Å². The number of Topliss-reactive ketones (excluding diaryl/α,β-unsaturated/α-hetero) is 1. The van der Waals surface area contributed by atoms with Gasteiger partial charge in [-0.05, 0) is 56.6 Å². The highest BCUT2D eigenvalue weighted by atomic mass is 35.5. The van der Waals surface area contributed by atoms with Crippen LogP contribution in [0.4, 0.5) is 5.69 Å². The van der Waals surface area contributed by atoms with Crippen LogP contribution < -0.4 is 10.7 Å². The molecule has 0 amide bonds. The Bertz CT molecular complexity index is 1040. The summed E-state index contributed by atoms with van der Waals surface area (Å²) in [6, 6.07) is 9.32. The second-order valence-corrected chi connectivity index (χ2v) is 7.50. The SMILES string of the molecule is CC(=O)c1ccc2c(c1)oc(=O)n2CCCCN1CCN(c2ccncc2)CC1.Cl.Cl. The molecule has 0 radical (unpaired) electrons. The number of halogens is 2. The molecule has 0 spiro atoms. The molecule has 1 fully saturated rings. The Hall–Kier alpha value is -2.35. The normalized spacial score (nSPS) is 14.2. The first-order chi connectivity index (χ1) is 14.1. The van der Waals surface area contributed by atoms with E-state index in [0.29, 0.717) is 17.7 Å². The van der Waals surface area contributed by atoms with Gasteiger partial charge in [-0.3, -0.25) is 19.2 Å². The van der Waals surface area contributed by atoms with E-state index < -0.39 is 0 Å². The number of piperazine rings is 1. The van der Waals surface area contributed by atoms with Crippen LogP contribution in [0, 0.1) is 0 Å². The summed E-state index contributed by atoms with van der Waals surface area (Å²) in [7, 11) is 0. The van der Waals surface area contributed by atoms with Crippen LogP contribution in [-0.4, -0.2) is 53.0 Å². The van der Waals surface area contributed by atoms with Gasteiger partial charge >= 0.3 is 5.76 Å². The molecule has 3 aromatic rings. The monoisotopic (exact) mass is 466 g/mol. The highest BCUT2D eigenvalue weighted by molar-refractivity contribution is 5.96. The van der Waals surface area contributed by atoms with Crippen molar-refractivity contribution in [2.24, 2.45) is 0 Å². The quantitative estimate of drug-likeness (QED) is 0.390. The molecule has 0 saturated carbocycles. The molecule has 31 heavy (non-hydrogen) atoms. The van der Waals surface area contributed by atoms with Crippen molar-refractivity contribution in [2.45, 2.75) is 26.3 Å². The van der Waals surface area contributed by atoms with E-state index in [2.05, 4.69) is 26.9 Å². The number of carbonyl (C=O) groups excluding carboxylic acids is 1. The zero-order chi connectivity index (χ0) is 20.2. The number of hydrogen-bond acceptors (Lipinski definition) is 6. The molecule has 1 saturated heterocycles. The molecule has 3 heterocycles. The van der Waals surface area contributed by atoms with Gasteiger partial charge in [-0.15, -0.1) is 24.8 Å². The van der Waals surface area contributed by atoms with E-state index in [1.165, 1.54) is 12.6 Å². The van der Waals surface area contributed by atoms with Gasteiger partial charge in [0.15, 0.2) is 11.4 Å². The fraction of sp³-hybridized carbons (Fsp3) is 0.409. The van der Waals surface area contributed by atoms with Gasteiger partial charge in [-0.1, -0.05) is 0 Å². The molecule has 7 nitrogen and oxygen atoms in total. The maximum absolute atomic E-state index is 12.2. The molecular formula is C22H28Cl2N4O3. The van der Waals surface area contributed by atoms with E-state index in [1.54, 1.807) is 22.8 Å². The minimum Gasteiger partial charge on any atom is -0.408 e. The first-order valence-corrected chi connectivity index (χ1v) is 10.1. The third-order valence-electron chi connectivity index (χ3n) is 5.58. The molecule has 0 atom stereocenters. The number of nitrogens with zero attached hydrogens (tertiary/aromatic N) is 4. The van der Waals surface area contributed by atoms with E-state index >= 15 is 0 Å². The van der Waals surface area contributed by atoms with Gasteiger partial charge in [0.05, 0.1) is 5.52 Å². The number of fused-ring (bicyclic) bond motifs is 1. The molecule has 1 aliphatic heterocycles. The van der Waals surface area contributed by atoms with Crippen LogP contribution in [0.25, 0.3) is 11.1 Å². The van der Waals surface area contributed by atoms with Crippen molar-refractivity contribution in [3.05, 3.63) is 58.8 Å². The van der Waals surface area contributed by atoms with Crippen molar-refractivity contribution < 1.29 is 9.21 Å². The molecule has 168 valence electrons. The summed E-state index contributed by atoms with van der Waals surface area (Å²) in [6.45, 7) is 7.30. The fourth-order valence-corrected chi connectivity index (χ4v) is 3.89. The van der Waals surface area contributed by atoms with Crippen molar-refractivity contribution in [3.63, 3.8) is 0 Å². The number of aromatic nitrogens is 2. The van der Waals surface area contributed by atoms with Crippen LogP contribution in [0.2, 0.25) is 0 Å². The van der Waals surface area contributed by atoms with E-state index in [4.69, 9.17) is 4.42 Å². The molecule has 9 heteroatoms. The third-order valence-corrected chi connectivity index (χ3v) is 5.58. The maximum Gasteiger partial charge on any atom is 0.419 e. The second-order valence-electron chi connectivity index (χ2n) is 7.50. The molecule has 0 bridgehead atoms. The molecule has 0 N–H and O–H groups in total. The Labute approximate surface area is 193 Å². The Morgan fingerprint density at radius 1 is 1.00 bits per heavy atom. The molecule has 1 aliphatic rings. The zero-order valence-electron chi connectivity index (χ0n) is 17.5. The predicted octanol–water partition coefficient (Wildman–Crippen LogP) is 3.64. The summed E-state index contributed by atoms with van der Waals surface area (Å²) in [5.41, 5.74) is 3.03. The summed E-state index contributed by atoms with van der Waals surface area (Å²) in [6.07, 6.45) is 5.61. The summed E-state index contributed by atoms with van der Waals surface area (Å²) in [5, 5.41) is 0. The van der Waals surface area contributed by atoms with Gasteiger partial charge in [0.1, 0.15) is 0 Å². The summed E-state index contributed by atoms with van der Waals surface area (Å²) in [4.78, 5) is 32.6. The highest BCUT2D eigenvalue weighted by Crippen LogP contribution is 2.17. The van der Waals surface area contributed by atoms with Crippen LogP contribution in [0.1, 0.15) is 30.1 Å². The van der Waals surface area contributed by atoms with Crippen LogP contribution >= 0.6 is 24.8 Å². The first kappa shape index (κ1) is 24.9. The van der Waals surface area contributed by atoms with Gasteiger partial charge in [0.25, 0.3) is 0 Å². The number of unbranched alkanes of at least 4 members (excludes halogenated alkanes) is 1. The first-order valence-electron chi connectivity index (χ1n) is 10.1. The maximum atomic E-state index is 12.2. The van der Waals surface area contributed by atoms with Gasteiger partial charge in [-0.25, -0.2) is 4.79 Å². The molecule has 2 aromatic heterocycles. The lowest BCUT2D eigenvalue weighted by atomic mass is 10.1. The Morgan fingerprint density at radius 3 is 2.35 bits per heavy atom. The lowest BCUT2D eigenvalue weighted by molar-refractivity contribution is 0.101. The Balaban J connectivity index is 0.00000171. The number of aryl methyl sites for hydroxylation is 1. The Morgan fingerprint density at radius 2 is 1.68 bits per heavy atom. The van der Waals surface area contributed by atoms with E-state index in [1.807, 2.05) is 12.4 Å². The molecule has 0 aliphatic carbocycles. The summed E-state index contributed by atoms with van der Waals surface area (Å²) < 4.78 is 6.99. The number of oxazole rings is 1. The predicted molar refractivity (Wildman–Crippen MR) is 127 cm³/mol. The van der Waals surface area contributed by atoms with Crippen LogP contribution in [0.3, 0.4) is 0 Å². The van der Waals surface area contributed by atoms with Crippen molar-refractivity contribution in [1.29, 1.82) is 0 Å². The second kappa shape index (κ2) is 11.3. The summed E-state index contributed by atoms with van der Waals surface area (Å²) >= 11 is 0. The van der Waals surface area contributed by atoms with E-state index in [9.17, 15) is 9.59 Å². The number of ketones is 1. The average molecular weight is 467 g/mol. The number of pyridine rings is 1. The van der Waals surface area contributed by atoms with Crippen molar-refractivity contribution in [1.82, 2.24) is 14.5 Å². The number of hydrogen-bond donors (Lipinski definition) is 0. The minimum atomic E-state index is -0.355. The van der Waals surface area contributed by atoms with E-state index in [-0.39, 0.29) is 36.4 Å². The summed E-state index contributed by atoms with van der Waals surface area (Å²) in [5.74, 6) is -0.391.